The van der Waals surface area contributed by atoms with Crippen LogP contribution in [0.25, 0.3) is 0 Å². The van der Waals surface area contributed by atoms with E-state index in [2.05, 4.69) is 0 Å². The Hall–Kier alpha value is -1.09. The van der Waals surface area contributed by atoms with Crippen molar-refractivity contribution in [2.75, 3.05) is 0 Å². The molecule has 1 N–H and O–H groups in total. The maximum Gasteiger partial charge on any atom is 0.311 e. The van der Waals surface area contributed by atoms with Crippen LogP contribution in [0, 0.1) is 11.7 Å². The van der Waals surface area contributed by atoms with Crippen LogP contribution in [-0.2, 0) is 4.79 Å². The van der Waals surface area contributed by atoms with Gasteiger partial charge in [-0.1, -0.05) is 49.4 Å². The van der Waals surface area contributed by atoms with Crippen LogP contribution >= 0.6 is 11.6 Å². The molecule has 0 aliphatic heterocycles. The van der Waals surface area contributed by atoms with Crippen molar-refractivity contribution in [3.8, 4) is 0 Å². The summed E-state index contributed by atoms with van der Waals surface area (Å²) in [6.07, 6.45) is 6.03. The maximum atomic E-state index is 14.1. The Bertz CT molecular complexity index is 453. The molecule has 0 aromatic heterocycles. The summed E-state index contributed by atoms with van der Waals surface area (Å²) < 4.78 is 14.1. The highest BCUT2D eigenvalue weighted by atomic mass is 35.5. The van der Waals surface area contributed by atoms with Crippen molar-refractivity contribution in [1.82, 2.24) is 0 Å². The Morgan fingerprint density at radius 2 is 1.89 bits per heavy atom. The first-order valence-electron chi connectivity index (χ1n) is 6.78. The number of halogens is 2. The standard InChI is InChI=1S/C15H18ClFO2/c16-12-9-5-8-11(14(12)17)13(15(18)19)10-6-3-1-2-4-7-10/h5,8-10,13H,1-4,6-7H2,(H,18,19). The highest BCUT2D eigenvalue weighted by molar-refractivity contribution is 6.30. The van der Waals surface area contributed by atoms with E-state index in [9.17, 15) is 14.3 Å². The Morgan fingerprint density at radius 3 is 2.47 bits per heavy atom. The molecule has 1 aliphatic rings. The SMILES string of the molecule is O=C(O)C(c1cccc(Cl)c1F)C1CCCCCC1. The molecular weight excluding hydrogens is 267 g/mol. The Balaban J connectivity index is 2.33. The third kappa shape index (κ3) is 3.27. The third-order valence-electron chi connectivity index (χ3n) is 3.95. The second-order valence-electron chi connectivity index (χ2n) is 5.21. The highest BCUT2D eigenvalue weighted by Crippen LogP contribution is 2.37. The number of carboxylic acids is 1. The molecule has 19 heavy (non-hydrogen) atoms. The van der Waals surface area contributed by atoms with Gasteiger partial charge in [0.05, 0.1) is 10.9 Å². The van der Waals surface area contributed by atoms with Crippen molar-refractivity contribution >= 4 is 17.6 Å². The fraction of sp³-hybridized carbons (Fsp3) is 0.533. The zero-order valence-corrected chi connectivity index (χ0v) is 11.5. The third-order valence-corrected chi connectivity index (χ3v) is 4.25. The van der Waals surface area contributed by atoms with Crippen molar-refractivity contribution < 1.29 is 14.3 Å². The summed E-state index contributed by atoms with van der Waals surface area (Å²) in [5.41, 5.74) is 0.229. The molecule has 104 valence electrons. The topological polar surface area (TPSA) is 37.3 Å². The van der Waals surface area contributed by atoms with Crippen molar-refractivity contribution in [2.45, 2.75) is 44.4 Å². The summed E-state index contributed by atoms with van der Waals surface area (Å²) in [5, 5.41) is 9.47. The van der Waals surface area contributed by atoms with E-state index in [0.29, 0.717) is 0 Å². The number of hydrogen-bond acceptors (Lipinski definition) is 1. The lowest BCUT2D eigenvalue weighted by Gasteiger charge is -2.23. The molecule has 0 radical (unpaired) electrons. The smallest absolute Gasteiger partial charge is 0.311 e. The molecule has 0 amide bonds. The second kappa shape index (κ2) is 6.38. The molecule has 0 bridgehead atoms. The summed E-state index contributed by atoms with van der Waals surface area (Å²) in [6, 6.07) is 4.62. The van der Waals surface area contributed by atoms with Gasteiger partial charge in [0.25, 0.3) is 0 Å². The average Bonchev–Trinajstić information content (AvgIpc) is 2.63. The van der Waals surface area contributed by atoms with E-state index in [1.165, 1.54) is 6.07 Å². The summed E-state index contributed by atoms with van der Waals surface area (Å²) in [5.74, 6) is -2.31. The van der Waals surface area contributed by atoms with E-state index in [4.69, 9.17) is 11.6 Å². The van der Waals surface area contributed by atoms with Crippen molar-refractivity contribution in [3.05, 3.63) is 34.6 Å². The molecule has 1 unspecified atom stereocenters. The molecule has 1 aromatic rings. The predicted octanol–water partition coefficient (Wildman–Crippen LogP) is 4.62. The number of carboxylic acid groups (broad SMARTS) is 1. The molecule has 0 heterocycles. The summed E-state index contributed by atoms with van der Waals surface area (Å²) >= 11 is 5.77. The van der Waals surface area contributed by atoms with Gasteiger partial charge in [0, 0.05) is 5.56 Å². The molecule has 1 aromatic carbocycles. The largest absolute Gasteiger partial charge is 0.481 e. The summed E-state index contributed by atoms with van der Waals surface area (Å²) in [7, 11) is 0. The number of benzene rings is 1. The average molecular weight is 285 g/mol. The van der Waals surface area contributed by atoms with Crippen LogP contribution in [0.1, 0.15) is 50.0 Å². The van der Waals surface area contributed by atoms with Crippen LogP contribution in [0.2, 0.25) is 5.02 Å². The predicted molar refractivity (Wildman–Crippen MR) is 73.0 cm³/mol. The molecule has 1 saturated carbocycles. The quantitative estimate of drug-likeness (QED) is 0.823. The minimum Gasteiger partial charge on any atom is -0.481 e. The zero-order valence-electron chi connectivity index (χ0n) is 10.7. The Labute approximate surface area is 117 Å². The highest BCUT2D eigenvalue weighted by Gasteiger charge is 2.32. The van der Waals surface area contributed by atoms with E-state index in [-0.39, 0.29) is 16.5 Å². The van der Waals surface area contributed by atoms with Gasteiger partial charge in [0.15, 0.2) is 0 Å². The Morgan fingerprint density at radius 1 is 1.26 bits per heavy atom. The van der Waals surface area contributed by atoms with E-state index in [0.717, 1.165) is 38.5 Å². The van der Waals surface area contributed by atoms with E-state index < -0.39 is 17.7 Å². The number of carbonyl (C=O) groups is 1. The number of hydrogen-bond donors (Lipinski definition) is 1. The van der Waals surface area contributed by atoms with Crippen molar-refractivity contribution in [2.24, 2.45) is 5.92 Å². The lowest BCUT2D eigenvalue weighted by molar-refractivity contribution is -0.140. The molecule has 1 fully saturated rings. The first-order chi connectivity index (χ1) is 9.11. The molecule has 0 spiro atoms. The van der Waals surface area contributed by atoms with Gasteiger partial charge in [-0.2, -0.15) is 0 Å². The van der Waals surface area contributed by atoms with Gasteiger partial charge in [0.1, 0.15) is 5.82 Å². The fourth-order valence-electron chi connectivity index (χ4n) is 2.99. The molecule has 0 saturated heterocycles. The molecule has 2 nitrogen and oxygen atoms in total. The van der Waals surface area contributed by atoms with E-state index >= 15 is 0 Å². The molecular formula is C15H18ClFO2. The van der Waals surface area contributed by atoms with Gasteiger partial charge in [-0.25, -0.2) is 4.39 Å². The van der Waals surface area contributed by atoms with Crippen LogP contribution in [0.3, 0.4) is 0 Å². The van der Waals surface area contributed by atoms with Crippen LogP contribution in [-0.4, -0.2) is 11.1 Å². The van der Waals surface area contributed by atoms with Gasteiger partial charge in [0.2, 0.25) is 0 Å². The first-order valence-corrected chi connectivity index (χ1v) is 7.15. The maximum absolute atomic E-state index is 14.1. The van der Waals surface area contributed by atoms with Gasteiger partial charge in [-0.15, -0.1) is 0 Å². The number of aliphatic carboxylic acids is 1. The van der Waals surface area contributed by atoms with Crippen LogP contribution in [0.15, 0.2) is 18.2 Å². The minimum absolute atomic E-state index is 0.00243. The van der Waals surface area contributed by atoms with E-state index in [1.807, 2.05) is 0 Å². The summed E-state index contributed by atoms with van der Waals surface area (Å²) in [4.78, 5) is 11.6. The Kier molecular flexibility index (Phi) is 4.81. The van der Waals surface area contributed by atoms with Gasteiger partial charge < -0.3 is 5.11 Å². The van der Waals surface area contributed by atoms with Crippen LogP contribution in [0.4, 0.5) is 4.39 Å². The minimum atomic E-state index is -0.951. The monoisotopic (exact) mass is 284 g/mol. The van der Waals surface area contributed by atoms with Crippen LogP contribution < -0.4 is 0 Å². The van der Waals surface area contributed by atoms with Crippen LogP contribution in [0.5, 0.6) is 0 Å². The fourth-order valence-corrected chi connectivity index (χ4v) is 3.18. The number of rotatable bonds is 3. The zero-order chi connectivity index (χ0) is 13.8. The summed E-state index contributed by atoms with van der Waals surface area (Å²) in [6.45, 7) is 0. The van der Waals surface area contributed by atoms with E-state index in [1.54, 1.807) is 12.1 Å². The molecule has 4 heteroatoms. The molecule has 1 aliphatic carbocycles. The van der Waals surface area contributed by atoms with Gasteiger partial charge in [-0.05, 0) is 24.8 Å². The molecule has 1 atom stereocenters. The normalized spacial score (nSPS) is 18.8. The van der Waals surface area contributed by atoms with Crippen molar-refractivity contribution in [3.63, 3.8) is 0 Å². The second-order valence-corrected chi connectivity index (χ2v) is 5.62. The van der Waals surface area contributed by atoms with Gasteiger partial charge >= 0.3 is 5.97 Å². The van der Waals surface area contributed by atoms with Gasteiger partial charge in [-0.3, -0.25) is 4.79 Å². The lowest BCUT2D eigenvalue weighted by atomic mass is 9.81. The molecule has 2 rings (SSSR count). The first kappa shape index (κ1) is 14.3. The lowest BCUT2D eigenvalue weighted by Crippen LogP contribution is -2.22. The van der Waals surface area contributed by atoms with Crippen molar-refractivity contribution in [1.29, 1.82) is 0 Å².